The zero-order chi connectivity index (χ0) is 14.0. The van der Waals surface area contributed by atoms with Crippen molar-refractivity contribution >= 4 is 11.4 Å². The van der Waals surface area contributed by atoms with Crippen LogP contribution >= 0.6 is 0 Å². The lowest BCUT2D eigenvalue weighted by Gasteiger charge is -2.09. The summed E-state index contributed by atoms with van der Waals surface area (Å²) in [6.07, 6.45) is 0. The number of benzene rings is 2. The molecule has 2 aromatic carbocycles. The molecule has 0 heterocycles. The van der Waals surface area contributed by atoms with Gasteiger partial charge in [0.1, 0.15) is 5.82 Å². The molecule has 0 amide bonds. The maximum atomic E-state index is 13.4. The average Bonchev–Trinajstić information content (AvgIpc) is 2.36. The van der Waals surface area contributed by atoms with Crippen LogP contribution in [0.3, 0.4) is 0 Å². The molecule has 19 heavy (non-hydrogen) atoms. The van der Waals surface area contributed by atoms with Crippen molar-refractivity contribution < 1.29 is 14.1 Å². The molecule has 0 aromatic heterocycles. The fraction of sp³-hybridized carbons (Fsp3) is 0.0769. The first-order chi connectivity index (χ1) is 8.99. The van der Waals surface area contributed by atoms with Crippen molar-refractivity contribution in [3.63, 3.8) is 0 Å². The Morgan fingerprint density at radius 2 is 1.95 bits per heavy atom. The second kappa shape index (κ2) is 4.93. The van der Waals surface area contributed by atoms with E-state index in [0.29, 0.717) is 5.69 Å². The van der Waals surface area contributed by atoms with Crippen LogP contribution in [-0.4, -0.2) is 4.92 Å². The number of rotatable bonds is 3. The van der Waals surface area contributed by atoms with E-state index in [-0.39, 0.29) is 17.1 Å². The van der Waals surface area contributed by atoms with Crippen molar-refractivity contribution in [1.82, 2.24) is 0 Å². The van der Waals surface area contributed by atoms with Gasteiger partial charge in [-0.05, 0) is 30.7 Å². The van der Waals surface area contributed by atoms with Crippen molar-refractivity contribution in [2.24, 2.45) is 0 Å². The molecular formula is C13H11FN2O3. The number of nitrogen functional groups attached to an aromatic ring is 1. The molecule has 0 unspecified atom stereocenters. The van der Waals surface area contributed by atoms with E-state index < -0.39 is 16.4 Å². The molecule has 2 rings (SSSR count). The smallest absolute Gasteiger partial charge is 0.314 e. The molecule has 2 N–H and O–H groups in total. The Balaban J connectivity index is 2.48. The third-order valence-corrected chi connectivity index (χ3v) is 2.58. The maximum absolute atomic E-state index is 13.4. The zero-order valence-electron chi connectivity index (χ0n) is 10.1. The molecule has 0 aliphatic carbocycles. The highest BCUT2D eigenvalue weighted by atomic mass is 19.1. The summed E-state index contributed by atoms with van der Waals surface area (Å²) in [6.45, 7) is 1.50. The van der Waals surface area contributed by atoms with Crippen LogP contribution in [0, 0.1) is 22.9 Å². The average molecular weight is 262 g/mol. The molecule has 0 saturated heterocycles. The van der Waals surface area contributed by atoms with Crippen molar-refractivity contribution in [1.29, 1.82) is 0 Å². The Bertz CT molecular complexity index is 644. The minimum absolute atomic E-state index is 0.0400. The summed E-state index contributed by atoms with van der Waals surface area (Å²) in [5.41, 5.74) is 5.86. The molecule has 6 heteroatoms. The number of aryl methyl sites for hydroxylation is 1. The monoisotopic (exact) mass is 262 g/mol. The summed E-state index contributed by atoms with van der Waals surface area (Å²) in [6, 6.07) is 8.71. The third-order valence-electron chi connectivity index (χ3n) is 2.58. The van der Waals surface area contributed by atoms with Crippen molar-refractivity contribution in [3.05, 3.63) is 57.9 Å². The fourth-order valence-corrected chi connectivity index (χ4v) is 1.56. The van der Waals surface area contributed by atoms with Crippen molar-refractivity contribution in [3.8, 4) is 11.5 Å². The second-order valence-electron chi connectivity index (χ2n) is 3.97. The third kappa shape index (κ3) is 2.62. The van der Waals surface area contributed by atoms with Gasteiger partial charge >= 0.3 is 5.69 Å². The minimum Gasteiger partial charge on any atom is -0.448 e. The van der Waals surface area contributed by atoms with Crippen LogP contribution in [0.1, 0.15) is 5.56 Å². The predicted molar refractivity (Wildman–Crippen MR) is 68.7 cm³/mol. The molecule has 0 radical (unpaired) electrons. The number of halogens is 1. The number of ether oxygens (including phenoxy) is 1. The molecule has 0 aliphatic rings. The Morgan fingerprint density at radius 1 is 1.26 bits per heavy atom. The van der Waals surface area contributed by atoms with E-state index in [1.54, 1.807) is 24.3 Å². The summed E-state index contributed by atoms with van der Waals surface area (Å²) in [4.78, 5) is 10.2. The highest BCUT2D eigenvalue weighted by molar-refractivity contribution is 5.57. The van der Waals surface area contributed by atoms with Gasteiger partial charge in [-0.1, -0.05) is 12.1 Å². The molecule has 98 valence electrons. The largest absolute Gasteiger partial charge is 0.448 e. The summed E-state index contributed by atoms with van der Waals surface area (Å²) >= 11 is 0. The van der Waals surface area contributed by atoms with Gasteiger partial charge in [0.2, 0.25) is 5.75 Å². The van der Waals surface area contributed by atoms with Gasteiger partial charge in [0, 0.05) is 0 Å². The van der Waals surface area contributed by atoms with Gasteiger partial charge in [0.05, 0.1) is 16.7 Å². The SMILES string of the molecule is Cc1cc(Oc2ccccc2N)c([N+](=O)[O-])cc1F. The number of para-hydroxylation sites is 2. The van der Waals surface area contributed by atoms with E-state index in [2.05, 4.69) is 0 Å². The highest BCUT2D eigenvalue weighted by Crippen LogP contribution is 2.35. The quantitative estimate of drug-likeness (QED) is 0.522. The normalized spacial score (nSPS) is 10.2. The molecule has 0 atom stereocenters. The maximum Gasteiger partial charge on any atom is 0.314 e. The number of hydrogen-bond donors (Lipinski definition) is 1. The fourth-order valence-electron chi connectivity index (χ4n) is 1.56. The summed E-state index contributed by atoms with van der Waals surface area (Å²) in [5, 5.41) is 10.9. The van der Waals surface area contributed by atoms with Gasteiger partial charge in [-0.3, -0.25) is 10.1 Å². The van der Waals surface area contributed by atoms with Crippen LogP contribution in [0.5, 0.6) is 11.5 Å². The number of anilines is 1. The molecule has 0 aliphatic heterocycles. The van der Waals surface area contributed by atoms with Crippen LogP contribution in [0.2, 0.25) is 0 Å². The molecule has 0 bridgehead atoms. The van der Waals surface area contributed by atoms with Crippen LogP contribution in [0.15, 0.2) is 36.4 Å². The first-order valence-corrected chi connectivity index (χ1v) is 5.46. The van der Waals surface area contributed by atoms with Crippen molar-refractivity contribution in [2.75, 3.05) is 5.73 Å². The molecule has 2 aromatic rings. The molecule has 5 nitrogen and oxygen atoms in total. The van der Waals surface area contributed by atoms with Crippen LogP contribution in [-0.2, 0) is 0 Å². The molecular weight excluding hydrogens is 251 g/mol. The van der Waals surface area contributed by atoms with Crippen LogP contribution in [0.4, 0.5) is 15.8 Å². The Kier molecular flexibility index (Phi) is 3.33. The van der Waals surface area contributed by atoms with E-state index in [1.807, 2.05) is 0 Å². The number of hydrogen-bond acceptors (Lipinski definition) is 4. The summed E-state index contributed by atoms with van der Waals surface area (Å²) < 4.78 is 18.8. The lowest BCUT2D eigenvalue weighted by Crippen LogP contribution is -1.98. The van der Waals surface area contributed by atoms with Gasteiger partial charge < -0.3 is 10.5 Å². The number of nitrogens with zero attached hydrogens (tertiary/aromatic N) is 1. The number of nitro groups is 1. The van der Waals surface area contributed by atoms with Crippen molar-refractivity contribution in [2.45, 2.75) is 6.92 Å². The van der Waals surface area contributed by atoms with E-state index in [9.17, 15) is 14.5 Å². The zero-order valence-corrected chi connectivity index (χ0v) is 10.1. The molecule has 0 spiro atoms. The summed E-state index contributed by atoms with van der Waals surface area (Å²) in [7, 11) is 0. The van der Waals surface area contributed by atoms with Gasteiger partial charge in [0.15, 0.2) is 5.75 Å². The lowest BCUT2D eigenvalue weighted by molar-refractivity contribution is -0.385. The Labute approximate surface area is 108 Å². The van der Waals surface area contributed by atoms with Gasteiger partial charge in [-0.2, -0.15) is 0 Å². The number of nitrogens with two attached hydrogens (primary N) is 1. The topological polar surface area (TPSA) is 78.4 Å². The van der Waals surface area contributed by atoms with E-state index in [0.717, 1.165) is 6.07 Å². The lowest BCUT2D eigenvalue weighted by atomic mass is 10.2. The molecule has 0 fully saturated rings. The first-order valence-electron chi connectivity index (χ1n) is 5.46. The molecule has 0 saturated carbocycles. The second-order valence-corrected chi connectivity index (χ2v) is 3.97. The minimum atomic E-state index is -0.697. The Morgan fingerprint density at radius 3 is 2.58 bits per heavy atom. The van der Waals surface area contributed by atoms with Gasteiger partial charge in [-0.15, -0.1) is 0 Å². The van der Waals surface area contributed by atoms with E-state index >= 15 is 0 Å². The van der Waals surface area contributed by atoms with E-state index in [4.69, 9.17) is 10.5 Å². The highest BCUT2D eigenvalue weighted by Gasteiger charge is 2.19. The number of nitro benzene ring substituents is 1. The van der Waals surface area contributed by atoms with Gasteiger partial charge in [0.25, 0.3) is 0 Å². The van der Waals surface area contributed by atoms with Crippen LogP contribution in [0.25, 0.3) is 0 Å². The standard InChI is InChI=1S/C13H11FN2O3/c1-8-6-13(11(16(17)18)7-9(8)14)19-12-5-3-2-4-10(12)15/h2-7H,15H2,1H3. The van der Waals surface area contributed by atoms with Crippen LogP contribution < -0.4 is 10.5 Å². The summed E-state index contributed by atoms with van der Waals surface area (Å²) in [5.74, 6) is -0.404. The van der Waals surface area contributed by atoms with E-state index in [1.165, 1.54) is 13.0 Å². The van der Waals surface area contributed by atoms with Gasteiger partial charge in [-0.25, -0.2) is 4.39 Å². The first kappa shape index (κ1) is 12.8. The predicted octanol–water partition coefficient (Wildman–Crippen LogP) is 3.42. The Hall–Kier alpha value is -2.63.